The minimum absolute atomic E-state index is 0.000413. The van der Waals surface area contributed by atoms with Crippen LogP contribution < -0.4 is 5.32 Å². The van der Waals surface area contributed by atoms with Crippen LogP contribution in [0.5, 0.6) is 0 Å². The zero-order valence-corrected chi connectivity index (χ0v) is 16.1. The summed E-state index contributed by atoms with van der Waals surface area (Å²) in [6, 6.07) is 12.9. The van der Waals surface area contributed by atoms with Crippen molar-refractivity contribution >= 4 is 33.2 Å². The molecule has 0 bridgehead atoms. The van der Waals surface area contributed by atoms with E-state index in [0.29, 0.717) is 22.8 Å². The first-order valence-corrected chi connectivity index (χ1v) is 10.4. The molecule has 1 saturated heterocycles. The lowest BCUT2D eigenvalue weighted by molar-refractivity contribution is 0.102. The van der Waals surface area contributed by atoms with Crippen LogP contribution in [-0.2, 0) is 10.0 Å². The molecule has 7 heteroatoms. The number of carbonyl (C=O) groups is 1. The predicted octanol–water partition coefficient (Wildman–Crippen LogP) is 4.16. The minimum Gasteiger partial charge on any atom is -0.322 e. The summed E-state index contributed by atoms with van der Waals surface area (Å²) in [6.07, 6.45) is 2.80. The highest BCUT2D eigenvalue weighted by atomic mass is 35.5. The fourth-order valence-electron chi connectivity index (χ4n) is 3.11. The van der Waals surface area contributed by atoms with Crippen LogP contribution >= 0.6 is 11.6 Å². The van der Waals surface area contributed by atoms with Crippen LogP contribution in [0.15, 0.2) is 53.4 Å². The van der Waals surface area contributed by atoms with Gasteiger partial charge in [-0.05, 0) is 62.2 Å². The van der Waals surface area contributed by atoms with Crippen LogP contribution in [0, 0.1) is 0 Å². The van der Waals surface area contributed by atoms with Crippen molar-refractivity contribution in [1.82, 2.24) is 4.31 Å². The summed E-state index contributed by atoms with van der Waals surface area (Å²) < 4.78 is 27.2. The van der Waals surface area contributed by atoms with Crippen molar-refractivity contribution in [1.29, 1.82) is 0 Å². The molecule has 0 aliphatic carbocycles. The molecule has 0 radical (unpaired) electrons. The van der Waals surface area contributed by atoms with E-state index >= 15 is 0 Å². The summed E-state index contributed by atoms with van der Waals surface area (Å²) >= 11 is 5.91. The van der Waals surface area contributed by atoms with Crippen molar-refractivity contribution in [3.8, 4) is 0 Å². The number of halogens is 1. The Hall–Kier alpha value is -1.89. The summed E-state index contributed by atoms with van der Waals surface area (Å²) in [6.45, 7) is 2.48. The van der Waals surface area contributed by atoms with E-state index in [1.807, 2.05) is 6.92 Å². The van der Waals surface area contributed by atoms with E-state index in [1.165, 1.54) is 24.3 Å². The van der Waals surface area contributed by atoms with Crippen molar-refractivity contribution in [3.05, 3.63) is 59.1 Å². The molecule has 1 heterocycles. The molecule has 3 rings (SSSR count). The predicted molar refractivity (Wildman–Crippen MR) is 103 cm³/mol. The van der Waals surface area contributed by atoms with Gasteiger partial charge < -0.3 is 5.32 Å². The molecule has 0 saturated carbocycles. The monoisotopic (exact) mass is 392 g/mol. The number of piperidine rings is 1. The van der Waals surface area contributed by atoms with Crippen LogP contribution in [-0.4, -0.2) is 31.2 Å². The fourth-order valence-corrected chi connectivity index (χ4v) is 5.00. The molecule has 0 aromatic heterocycles. The highest BCUT2D eigenvalue weighted by molar-refractivity contribution is 7.89. The largest absolute Gasteiger partial charge is 0.322 e. The van der Waals surface area contributed by atoms with Crippen molar-refractivity contribution in [2.24, 2.45) is 0 Å². The number of hydrogen-bond donors (Lipinski definition) is 1. The number of amides is 1. The third-order valence-electron chi connectivity index (χ3n) is 4.55. The summed E-state index contributed by atoms with van der Waals surface area (Å²) in [7, 11) is -3.53. The smallest absolute Gasteiger partial charge is 0.255 e. The molecule has 0 unspecified atom stereocenters. The van der Waals surface area contributed by atoms with Gasteiger partial charge in [0.15, 0.2) is 0 Å². The number of carbonyl (C=O) groups excluding carboxylic acids is 1. The van der Waals surface area contributed by atoms with E-state index in [4.69, 9.17) is 11.6 Å². The lowest BCUT2D eigenvalue weighted by atomic mass is 10.1. The van der Waals surface area contributed by atoms with Gasteiger partial charge in [0.1, 0.15) is 0 Å². The quantitative estimate of drug-likeness (QED) is 0.849. The number of sulfonamides is 1. The average Bonchev–Trinajstić information content (AvgIpc) is 2.62. The normalized spacial score (nSPS) is 18.5. The molecule has 1 N–H and O–H groups in total. The Balaban J connectivity index is 1.76. The van der Waals surface area contributed by atoms with Crippen molar-refractivity contribution in [2.75, 3.05) is 11.9 Å². The molecule has 1 aliphatic rings. The summed E-state index contributed by atoms with van der Waals surface area (Å²) in [5.74, 6) is -0.317. The average molecular weight is 393 g/mol. The van der Waals surface area contributed by atoms with Gasteiger partial charge in [-0.15, -0.1) is 0 Å². The van der Waals surface area contributed by atoms with Crippen molar-refractivity contribution in [3.63, 3.8) is 0 Å². The van der Waals surface area contributed by atoms with Gasteiger partial charge >= 0.3 is 0 Å². The number of nitrogens with zero attached hydrogens (tertiary/aromatic N) is 1. The van der Waals surface area contributed by atoms with Gasteiger partial charge in [-0.3, -0.25) is 4.79 Å². The SMILES string of the molecule is C[C@@H]1CCCCN1S(=O)(=O)c1ccc(C(=O)Nc2cccc(Cl)c2)cc1. The highest BCUT2D eigenvalue weighted by Gasteiger charge is 2.30. The Kier molecular flexibility index (Phi) is 5.65. The second-order valence-electron chi connectivity index (χ2n) is 6.45. The van der Waals surface area contributed by atoms with Gasteiger partial charge in [0.2, 0.25) is 10.0 Å². The molecule has 2 aromatic rings. The minimum atomic E-state index is -3.53. The fraction of sp³-hybridized carbons (Fsp3) is 0.316. The van der Waals surface area contributed by atoms with Gasteiger partial charge in [-0.25, -0.2) is 8.42 Å². The van der Waals surface area contributed by atoms with Crippen molar-refractivity contribution < 1.29 is 13.2 Å². The molecule has 2 aromatic carbocycles. The van der Waals surface area contributed by atoms with E-state index in [2.05, 4.69) is 5.32 Å². The van der Waals surface area contributed by atoms with Gasteiger partial charge in [-0.1, -0.05) is 24.1 Å². The van der Waals surface area contributed by atoms with E-state index in [1.54, 1.807) is 28.6 Å². The molecule has 1 atom stereocenters. The number of benzene rings is 2. The maximum Gasteiger partial charge on any atom is 0.255 e. The lowest BCUT2D eigenvalue weighted by Crippen LogP contribution is -2.41. The maximum absolute atomic E-state index is 12.8. The third-order valence-corrected chi connectivity index (χ3v) is 6.81. The molecule has 1 aliphatic heterocycles. The molecule has 1 amide bonds. The number of hydrogen-bond acceptors (Lipinski definition) is 3. The molecule has 5 nitrogen and oxygen atoms in total. The van der Waals surface area contributed by atoms with Crippen molar-refractivity contribution in [2.45, 2.75) is 37.1 Å². The zero-order valence-electron chi connectivity index (χ0n) is 14.5. The Morgan fingerprint density at radius 2 is 1.88 bits per heavy atom. The summed E-state index contributed by atoms with van der Waals surface area (Å²) in [5, 5.41) is 3.27. The highest BCUT2D eigenvalue weighted by Crippen LogP contribution is 2.25. The number of nitrogens with one attached hydrogen (secondary N) is 1. The van der Waals surface area contributed by atoms with Crippen LogP contribution in [0.2, 0.25) is 5.02 Å². The summed E-state index contributed by atoms with van der Waals surface area (Å²) in [4.78, 5) is 12.5. The Morgan fingerprint density at radius 3 is 2.54 bits per heavy atom. The first-order chi connectivity index (χ1) is 12.4. The van der Waals surface area contributed by atoms with Crippen LogP contribution in [0.1, 0.15) is 36.5 Å². The standard InChI is InChI=1S/C19H21ClN2O3S/c1-14-5-2-3-12-22(14)26(24,25)18-10-8-15(9-11-18)19(23)21-17-7-4-6-16(20)13-17/h4,6-11,13-14H,2-3,5,12H2,1H3,(H,21,23)/t14-/m1/s1. The van der Waals surface area contributed by atoms with Gasteiger partial charge in [0.05, 0.1) is 4.90 Å². The zero-order chi connectivity index (χ0) is 18.7. The second kappa shape index (κ2) is 7.78. The first kappa shape index (κ1) is 18.9. The van der Waals surface area contributed by atoms with Crippen LogP contribution in [0.4, 0.5) is 5.69 Å². The van der Waals surface area contributed by atoms with Gasteiger partial charge in [0.25, 0.3) is 5.91 Å². The molecular formula is C19H21ClN2O3S. The molecular weight excluding hydrogens is 372 g/mol. The number of rotatable bonds is 4. The third kappa shape index (κ3) is 4.09. The second-order valence-corrected chi connectivity index (χ2v) is 8.78. The molecule has 1 fully saturated rings. The Morgan fingerprint density at radius 1 is 1.15 bits per heavy atom. The molecule has 26 heavy (non-hydrogen) atoms. The molecule has 0 spiro atoms. The Labute approximate surface area is 159 Å². The topological polar surface area (TPSA) is 66.5 Å². The van der Waals surface area contributed by atoms with Crippen LogP contribution in [0.3, 0.4) is 0 Å². The number of anilines is 1. The van der Waals surface area contributed by atoms with Gasteiger partial charge in [-0.2, -0.15) is 4.31 Å². The van der Waals surface area contributed by atoms with E-state index in [9.17, 15) is 13.2 Å². The Bertz CT molecular complexity index is 897. The van der Waals surface area contributed by atoms with E-state index in [-0.39, 0.29) is 16.8 Å². The van der Waals surface area contributed by atoms with E-state index in [0.717, 1.165) is 19.3 Å². The maximum atomic E-state index is 12.8. The van der Waals surface area contributed by atoms with Crippen LogP contribution in [0.25, 0.3) is 0 Å². The molecule has 138 valence electrons. The van der Waals surface area contributed by atoms with Gasteiger partial charge in [0, 0.05) is 28.9 Å². The van der Waals surface area contributed by atoms with E-state index < -0.39 is 10.0 Å². The first-order valence-electron chi connectivity index (χ1n) is 8.57. The lowest BCUT2D eigenvalue weighted by Gasteiger charge is -2.32. The summed E-state index contributed by atoms with van der Waals surface area (Å²) in [5.41, 5.74) is 0.969.